The van der Waals surface area contributed by atoms with Crippen molar-refractivity contribution in [1.29, 1.82) is 0 Å². The molecule has 0 aliphatic carbocycles. The molecule has 2 heterocycles. The zero-order valence-corrected chi connectivity index (χ0v) is 14.9. The maximum absolute atomic E-state index is 12.6. The van der Waals surface area contributed by atoms with Crippen molar-refractivity contribution in [1.82, 2.24) is 14.8 Å². The number of amides is 2. The molecule has 126 valence electrons. The van der Waals surface area contributed by atoms with Gasteiger partial charge in [0.05, 0.1) is 22.5 Å². The van der Waals surface area contributed by atoms with Crippen LogP contribution in [0.1, 0.15) is 54.1 Å². The summed E-state index contributed by atoms with van der Waals surface area (Å²) < 4.78 is 0. The van der Waals surface area contributed by atoms with E-state index in [0.717, 1.165) is 0 Å². The van der Waals surface area contributed by atoms with Crippen LogP contribution < -0.4 is 5.73 Å². The number of rotatable bonds is 5. The van der Waals surface area contributed by atoms with Crippen LogP contribution in [0, 0.1) is 6.92 Å². The van der Waals surface area contributed by atoms with Crippen LogP contribution in [0.3, 0.4) is 0 Å². The Morgan fingerprint density at radius 2 is 1.65 bits per heavy atom. The van der Waals surface area contributed by atoms with Crippen LogP contribution in [0.25, 0.3) is 0 Å². The Labute approximate surface area is 141 Å². The third kappa shape index (κ3) is 3.05. The monoisotopic (exact) mass is 338 g/mol. The number of aryl methyl sites for hydroxylation is 1. The van der Waals surface area contributed by atoms with E-state index in [4.69, 9.17) is 17.3 Å². The van der Waals surface area contributed by atoms with E-state index in [1.807, 2.05) is 0 Å². The molecule has 7 heteroatoms. The molecule has 0 unspecified atom stereocenters. The van der Waals surface area contributed by atoms with Crippen LogP contribution in [0.15, 0.2) is 0 Å². The number of fused-ring (bicyclic) bond motifs is 1. The fourth-order valence-electron chi connectivity index (χ4n) is 2.99. The Balaban J connectivity index is 2.28. The highest BCUT2D eigenvalue weighted by molar-refractivity contribution is 6.37. The smallest absolute Gasteiger partial charge is 0.264 e. The molecule has 23 heavy (non-hydrogen) atoms. The van der Waals surface area contributed by atoms with E-state index in [0.29, 0.717) is 30.9 Å². The molecule has 0 aromatic carbocycles. The predicted octanol–water partition coefficient (Wildman–Crippen LogP) is 2.34. The molecule has 1 aromatic heterocycles. The summed E-state index contributed by atoms with van der Waals surface area (Å²) in [4.78, 5) is 32.6. The molecule has 0 atom stereocenters. The normalized spacial score (nSPS) is 14.6. The molecule has 0 fully saturated rings. The molecule has 0 saturated carbocycles. The highest BCUT2D eigenvalue weighted by Crippen LogP contribution is 2.33. The summed E-state index contributed by atoms with van der Waals surface area (Å²) in [5, 5.41) is 0.0390. The molecule has 1 aliphatic rings. The van der Waals surface area contributed by atoms with Crippen LogP contribution in [0.5, 0.6) is 0 Å². The maximum Gasteiger partial charge on any atom is 0.264 e. The summed E-state index contributed by atoms with van der Waals surface area (Å²) in [6, 6.07) is 0.644. The van der Waals surface area contributed by atoms with Crippen molar-refractivity contribution in [3.8, 4) is 0 Å². The van der Waals surface area contributed by atoms with Crippen molar-refractivity contribution < 1.29 is 9.59 Å². The van der Waals surface area contributed by atoms with Gasteiger partial charge in [-0.3, -0.25) is 19.4 Å². The fraction of sp³-hybridized carbons (Fsp3) is 0.562. The van der Waals surface area contributed by atoms with Crippen molar-refractivity contribution in [2.24, 2.45) is 0 Å². The lowest BCUT2D eigenvalue weighted by Crippen LogP contribution is -2.44. The summed E-state index contributed by atoms with van der Waals surface area (Å²) in [6.07, 6.45) is 0. The summed E-state index contributed by atoms with van der Waals surface area (Å²) in [5.41, 5.74) is 6.94. The highest BCUT2D eigenvalue weighted by atomic mass is 35.5. The topological polar surface area (TPSA) is 79.5 Å². The Kier molecular flexibility index (Phi) is 4.96. The molecule has 1 aliphatic heterocycles. The van der Waals surface area contributed by atoms with E-state index < -0.39 is 5.91 Å². The zero-order chi connectivity index (χ0) is 17.5. The van der Waals surface area contributed by atoms with Crippen molar-refractivity contribution in [3.05, 3.63) is 22.0 Å². The van der Waals surface area contributed by atoms with Gasteiger partial charge in [-0.05, 0) is 34.6 Å². The van der Waals surface area contributed by atoms with Crippen molar-refractivity contribution in [2.45, 2.75) is 46.7 Å². The summed E-state index contributed by atoms with van der Waals surface area (Å²) in [7, 11) is 0. The first-order valence-corrected chi connectivity index (χ1v) is 8.12. The lowest BCUT2D eigenvalue weighted by Gasteiger charge is -2.31. The van der Waals surface area contributed by atoms with Gasteiger partial charge in [-0.1, -0.05) is 11.6 Å². The molecule has 1 aromatic rings. The fourth-order valence-corrected chi connectivity index (χ4v) is 3.29. The second-order valence-corrected chi connectivity index (χ2v) is 6.70. The average Bonchev–Trinajstić information content (AvgIpc) is 2.69. The number of hydrogen-bond acceptors (Lipinski definition) is 5. The number of imide groups is 1. The molecule has 2 rings (SSSR count). The Hall–Kier alpha value is -1.66. The average molecular weight is 339 g/mol. The molecule has 0 spiro atoms. The lowest BCUT2D eigenvalue weighted by molar-refractivity contribution is 0.0614. The highest BCUT2D eigenvalue weighted by Gasteiger charge is 2.40. The number of aromatic nitrogens is 1. The van der Waals surface area contributed by atoms with Gasteiger partial charge in [0.15, 0.2) is 0 Å². The van der Waals surface area contributed by atoms with E-state index in [-0.39, 0.29) is 27.9 Å². The van der Waals surface area contributed by atoms with Crippen LogP contribution in [-0.2, 0) is 0 Å². The molecular weight excluding hydrogens is 316 g/mol. The number of hydrogen-bond donors (Lipinski definition) is 1. The van der Waals surface area contributed by atoms with Gasteiger partial charge >= 0.3 is 0 Å². The number of halogens is 1. The van der Waals surface area contributed by atoms with Gasteiger partial charge < -0.3 is 5.73 Å². The Morgan fingerprint density at radius 3 is 2.17 bits per heavy atom. The number of carbonyl (C=O) groups excluding carboxylic acids is 2. The minimum Gasteiger partial charge on any atom is -0.397 e. The molecule has 2 N–H and O–H groups in total. The van der Waals surface area contributed by atoms with E-state index in [2.05, 4.69) is 37.6 Å². The molecule has 0 radical (unpaired) electrons. The number of nitrogen functional groups attached to an aromatic ring is 1. The van der Waals surface area contributed by atoms with Crippen molar-refractivity contribution in [3.63, 3.8) is 0 Å². The van der Waals surface area contributed by atoms with Crippen LogP contribution >= 0.6 is 11.6 Å². The molecular formula is C16H23ClN4O2. The second-order valence-electron chi connectivity index (χ2n) is 6.34. The maximum atomic E-state index is 12.6. The molecule has 0 saturated heterocycles. The van der Waals surface area contributed by atoms with Gasteiger partial charge in [-0.15, -0.1) is 0 Å². The molecule has 6 nitrogen and oxygen atoms in total. The first-order valence-electron chi connectivity index (χ1n) is 7.74. The van der Waals surface area contributed by atoms with Gasteiger partial charge in [-0.2, -0.15) is 0 Å². The van der Waals surface area contributed by atoms with Gasteiger partial charge in [0.25, 0.3) is 11.8 Å². The van der Waals surface area contributed by atoms with Crippen molar-refractivity contribution in [2.75, 3.05) is 18.8 Å². The summed E-state index contributed by atoms with van der Waals surface area (Å²) >= 11 is 6.06. The van der Waals surface area contributed by atoms with Crippen LogP contribution in [0.4, 0.5) is 5.69 Å². The number of pyridine rings is 1. The minimum atomic E-state index is -0.415. The van der Waals surface area contributed by atoms with E-state index in [1.165, 1.54) is 4.90 Å². The third-order valence-electron chi connectivity index (χ3n) is 4.21. The molecule has 2 amide bonds. The lowest BCUT2D eigenvalue weighted by atomic mass is 10.1. The number of nitrogens with zero attached hydrogens (tertiary/aromatic N) is 3. The van der Waals surface area contributed by atoms with Crippen molar-refractivity contribution >= 4 is 29.1 Å². The Morgan fingerprint density at radius 1 is 1.13 bits per heavy atom. The van der Waals surface area contributed by atoms with E-state index >= 15 is 0 Å². The quantitative estimate of drug-likeness (QED) is 0.658. The summed E-state index contributed by atoms with van der Waals surface area (Å²) in [5.74, 6) is -0.802. The number of carbonyl (C=O) groups is 2. The predicted molar refractivity (Wildman–Crippen MR) is 90.7 cm³/mol. The van der Waals surface area contributed by atoms with Crippen LogP contribution in [0.2, 0.25) is 5.15 Å². The van der Waals surface area contributed by atoms with E-state index in [9.17, 15) is 9.59 Å². The number of nitrogens with two attached hydrogens (primary N) is 1. The van der Waals surface area contributed by atoms with Gasteiger partial charge in [0, 0.05) is 25.2 Å². The Bertz CT molecular complexity index is 650. The van der Waals surface area contributed by atoms with Gasteiger partial charge in [-0.25, -0.2) is 4.98 Å². The first-order chi connectivity index (χ1) is 10.7. The standard InChI is InChI=1S/C16H23ClN4O2/c1-8(2)20(9(3)4)6-7-21-15(22)11-12(16(21)23)14(17)19-10(5)13(11)18/h8-9H,6-7,18H2,1-5H3. The van der Waals surface area contributed by atoms with Crippen LogP contribution in [-0.4, -0.2) is 51.8 Å². The third-order valence-corrected chi connectivity index (χ3v) is 4.48. The number of anilines is 1. The summed E-state index contributed by atoms with van der Waals surface area (Å²) in [6.45, 7) is 10.9. The zero-order valence-electron chi connectivity index (χ0n) is 14.2. The SMILES string of the molecule is Cc1nc(Cl)c2c(c1N)C(=O)N(CCN(C(C)C)C(C)C)C2=O. The first kappa shape index (κ1) is 17.7. The largest absolute Gasteiger partial charge is 0.397 e. The molecule has 0 bridgehead atoms. The van der Waals surface area contributed by atoms with E-state index in [1.54, 1.807) is 6.92 Å². The minimum absolute atomic E-state index is 0.0390. The second kappa shape index (κ2) is 6.45. The van der Waals surface area contributed by atoms with Gasteiger partial charge in [0.1, 0.15) is 5.15 Å². The van der Waals surface area contributed by atoms with Gasteiger partial charge in [0.2, 0.25) is 0 Å².